The molecule has 0 spiro atoms. The van der Waals surface area contributed by atoms with Crippen molar-refractivity contribution in [3.8, 4) is 11.5 Å². The maximum Gasteiger partial charge on any atom is 0.301 e. The molecule has 7 nitrogen and oxygen atoms in total. The van der Waals surface area contributed by atoms with Crippen molar-refractivity contribution >= 4 is 33.9 Å². The first-order chi connectivity index (χ1) is 15.6. The van der Waals surface area contributed by atoms with Gasteiger partial charge in [-0.1, -0.05) is 31.2 Å². The summed E-state index contributed by atoms with van der Waals surface area (Å²) in [4.78, 5) is 31.8. The van der Waals surface area contributed by atoms with E-state index in [0.717, 1.165) is 17.5 Å². The van der Waals surface area contributed by atoms with Gasteiger partial charge in [-0.15, -0.1) is 11.3 Å². The fourth-order valence-corrected chi connectivity index (χ4v) is 4.63. The molecule has 1 fully saturated rings. The minimum absolute atomic E-state index is 0.0196. The highest BCUT2D eigenvalue weighted by Gasteiger charge is 2.48. The summed E-state index contributed by atoms with van der Waals surface area (Å²) < 4.78 is 11.2. The summed E-state index contributed by atoms with van der Waals surface area (Å²) >= 11 is 1.26. The van der Waals surface area contributed by atoms with Crippen LogP contribution in [0, 0.1) is 0 Å². The molecule has 3 aromatic rings. The summed E-state index contributed by atoms with van der Waals surface area (Å²) in [6.07, 6.45) is 2.45. The minimum atomic E-state index is -0.791. The van der Waals surface area contributed by atoms with Gasteiger partial charge in [-0.3, -0.25) is 14.5 Å². The number of ether oxygens (including phenoxy) is 2. The number of Topliss-reactive ketones (excluding diaryl/α,β-unsaturated/α-hetero) is 1. The summed E-state index contributed by atoms with van der Waals surface area (Å²) in [5, 5.41) is 13.4. The Hall–Kier alpha value is -3.65. The van der Waals surface area contributed by atoms with Crippen LogP contribution in [0.4, 0.5) is 5.13 Å². The van der Waals surface area contributed by atoms with Gasteiger partial charge in [0.05, 0.1) is 11.6 Å². The second-order valence-corrected chi connectivity index (χ2v) is 8.31. The smallest absolute Gasteiger partial charge is 0.301 e. The Balaban J connectivity index is 1.67. The molecule has 1 N–H and O–H groups in total. The predicted molar refractivity (Wildman–Crippen MR) is 120 cm³/mol. The average molecular weight is 449 g/mol. The topological polar surface area (TPSA) is 89.0 Å². The number of aromatic nitrogens is 1. The Morgan fingerprint density at radius 3 is 2.56 bits per heavy atom. The lowest BCUT2D eigenvalue weighted by Gasteiger charge is -2.23. The number of aliphatic hydroxyl groups excluding tert-OH is 1. The number of ketones is 1. The van der Waals surface area contributed by atoms with Crippen LogP contribution in [0.5, 0.6) is 11.5 Å². The third kappa shape index (κ3) is 3.33. The van der Waals surface area contributed by atoms with Gasteiger partial charge in [0.15, 0.2) is 16.6 Å². The number of aliphatic hydroxyl groups is 1. The number of amides is 1. The number of nitrogens with zero attached hydrogens (tertiary/aromatic N) is 2. The number of carbonyl (C=O) groups excluding carboxylic acids is 2. The van der Waals surface area contributed by atoms with Crippen molar-refractivity contribution in [1.29, 1.82) is 0 Å². The lowest BCUT2D eigenvalue weighted by molar-refractivity contribution is -0.132. The molecule has 3 heterocycles. The van der Waals surface area contributed by atoms with Gasteiger partial charge in [0.25, 0.3) is 5.78 Å². The van der Waals surface area contributed by atoms with Gasteiger partial charge in [-0.2, -0.15) is 0 Å². The van der Waals surface area contributed by atoms with Crippen molar-refractivity contribution < 1.29 is 24.2 Å². The summed E-state index contributed by atoms with van der Waals surface area (Å²) in [5.74, 6) is -0.675. The monoisotopic (exact) mass is 448 g/mol. The number of hydrogen-bond donors (Lipinski definition) is 1. The summed E-state index contributed by atoms with van der Waals surface area (Å²) in [6, 6.07) is 11.9. The highest BCUT2D eigenvalue weighted by molar-refractivity contribution is 7.14. The zero-order chi connectivity index (χ0) is 22.2. The van der Waals surface area contributed by atoms with Crippen molar-refractivity contribution in [2.45, 2.75) is 19.4 Å². The first-order valence-corrected chi connectivity index (χ1v) is 11.2. The molecule has 1 amide bonds. The number of fused-ring (bicyclic) bond motifs is 1. The van der Waals surface area contributed by atoms with E-state index in [1.54, 1.807) is 29.8 Å². The second-order valence-electron chi connectivity index (χ2n) is 7.44. The van der Waals surface area contributed by atoms with Crippen LogP contribution in [0.3, 0.4) is 0 Å². The number of aryl methyl sites for hydroxylation is 1. The molecule has 1 aromatic heterocycles. The second kappa shape index (κ2) is 8.12. The van der Waals surface area contributed by atoms with Gasteiger partial charge in [0.2, 0.25) is 0 Å². The van der Waals surface area contributed by atoms with E-state index >= 15 is 0 Å². The van der Waals surface area contributed by atoms with Gasteiger partial charge in [-0.05, 0) is 35.7 Å². The van der Waals surface area contributed by atoms with Crippen LogP contribution in [0.15, 0.2) is 59.6 Å². The quantitative estimate of drug-likeness (QED) is 0.367. The summed E-state index contributed by atoms with van der Waals surface area (Å²) in [6.45, 7) is 2.90. The third-order valence-corrected chi connectivity index (χ3v) is 6.36. The maximum atomic E-state index is 13.1. The molecule has 2 aromatic carbocycles. The van der Waals surface area contributed by atoms with Gasteiger partial charge in [0, 0.05) is 17.1 Å². The summed E-state index contributed by atoms with van der Waals surface area (Å²) in [7, 11) is 0. The SMILES string of the molecule is CCc1ccc([C@@H]2C(=C(O)c3ccc4c(c3)OCCO4)C(=O)C(=O)N2c2nccs2)cc1. The van der Waals surface area contributed by atoms with Crippen molar-refractivity contribution in [2.24, 2.45) is 0 Å². The third-order valence-electron chi connectivity index (χ3n) is 5.59. The Morgan fingerprint density at radius 2 is 1.88 bits per heavy atom. The lowest BCUT2D eigenvalue weighted by atomic mass is 9.94. The highest BCUT2D eigenvalue weighted by atomic mass is 32.1. The van der Waals surface area contributed by atoms with Crippen LogP contribution in [-0.4, -0.2) is 35.0 Å². The average Bonchev–Trinajstić information content (AvgIpc) is 3.45. The maximum absolute atomic E-state index is 13.1. The number of thiazole rings is 1. The van der Waals surface area contributed by atoms with E-state index in [1.165, 1.54) is 16.2 Å². The van der Waals surface area contributed by atoms with Gasteiger partial charge >= 0.3 is 5.91 Å². The van der Waals surface area contributed by atoms with Crippen LogP contribution >= 0.6 is 11.3 Å². The molecule has 0 radical (unpaired) electrons. The lowest BCUT2D eigenvalue weighted by Crippen LogP contribution is -2.29. The number of rotatable bonds is 4. The van der Waals surface area contributed by atoms with Gasteiger partial charge in [0.1, 0.15) is 19.0 Å². The van der Waals surface area contributed by atoms with Crippen molar-refractivity contribution in [2.75, 3.05) is 18.1 Å². The van der Waals surface area contributed by atoms with Crippen molar-refractivity contribution in [3.63, 3.8) is 0 Å². The molecule has 0 unspecified atom stereocenters. The van der Waals surface area contributed by atoms with E-state index in [-0.39, 0.29) is 11.3 Å². The fraction of sp³-hybridized carbons (Fsp3) is 0.208. The Bertz CT molecular complexity index is 1220. The first-order valence-electron chi connectivity index (χ1n) is 10.3. The van der Waals surface area contributed by atoms with Crippen LogP contribution in [0.1, 0.15) is 29.7 Å². The van der Waals surface area contributed by atoms with E-state index in [2.05, 4.69) is 11.9 Å². The molecular weight excluding hydrogens is 428 g/mol. The fourth-order valence-electron chi connectivity index (χ4n) is 3.96. The molecule has 8 heteroatoms. The van der Waals surface area contributed by atoms with E-state index < -0.39 is 17.7 Å². The molecule has 162 valence electrons. The largest absolute Gasteiger partial charge is 0.507 e. The summed E-state index contributed by atoms with van der Waals surface area (Å²) in [5.41, 5.74) is 2.25. The van der Waals surface area contributed by atoms with Crippen molar-refractivity contribution in [1.82, 2.24) is 4.98 Å². The molecule has 0 saturated carbocycles. The molecule has 0 bridgehead atoms. The molecule has 2 aliphatic rings. The van der Waals surface area contributed by atoms with Crippen LogP contribution < -0.4 is 14.4 Å². The molecule has 5 rings (SSSR count). The van der Waals surface area contributed by atoms with Crippen LogP contribution in [0.2, 0.25) is 0 Å². The Morgan fingerprint density at radius 1 is 1.12 bits per heavy atom. The normalized spacial score (nSPS) is 19.4. The molecule has 0 aliphatic carbocycles. The zero-order valence-electron chi connectivity index (χ0n) is 17.3. The zero-order valence-corrected chi connectivity index (χ0v) is 18.1. The first kappa shape index (κ1) is 20.3. The van der Waals surface area contributed by atoms with Crippen molar-refractivity contribution in [3.05, 3.63) is 76.3 Å². The van der Waals surface area contributed by atoms with Crippen LogP contribution in [-0.2, 0) is 16.0 Å². The number of carbonyl (C=O) groups is 2. The van der Waals surface area contributed by atoms with Gasteiger partial charge in [-0.25, -0.2) is 4.98 Å². The molecule has 1 atom stereocenters. The van der Waals surface area contributed by atoms with E-state index in [4.69, 9.17) is 9.47 Å². The minimum Gasteiger partial charge on any atom is -0.507 e. The number of benzene rings is 2. The van der Waals surface area contributed by atoms with Crippen LogP contribution in [0.25, 0.3) is 5.76 Å². The van der Waals surface area contributed by atoms with E-state index in [9.17, 15) is 14.7 Å². The number of anilines is 1. The standard InChI is InChI=1S/C24H20N2O5S/c1-2-14-3-5-15(6-4-14)20-19(22(28)23(29)26(20)24-25-9-12-32-24)21(27)16-7-8-17-18(13-16)31-11-10-30-17/h3-9,12-13,20,27H,2,10-11H2,1H3/t20-/m1/s1. The van der Waals surface area contributed by atoms with E-state index in [0.29, 0.717) is 35.4 Å². The molecule has 32 heavy (non-hydrogen) atoms. The predicted octanol–water partition coefficient (Wildman–Crippen LogP) is 4.10. The van der Waals surface area contributed by atoms with Gasteiger partial charge < -0.3 is 14.6 Å². The number of hydrogen-bond acceptors (Lipinski definition) is 7. The molecule has 1 saturated heterocycles. The molecule has 2 aliphatic heterocycles. The Kier molecular flexibility index (Phi) is 5.14. The Labute approximate surface area is 188 Å². The highest BCUT2D eigenvalue weighted by Crippen LogP contribution is 2.43. The van der Waals surface area contributed by atoms with E-state index in [1.807, 2.05) is 24.3 Å². The molecular formula is C24H20N2O5S.